The molecule has 0 unspecified atom stereocenters. The third-order valence-corrected chi connectivity index (χ3v) is 3.23. The molecule has 1 aliphatic rings. The Kier molecular flexibility index (Phi) is 4.04. The molecule has 19 heavy (non-hydrogen) atoms. The van der Waals surface area contributed by atoms with E-state index >= 15 is 0 Å². The van der Waals surface area contributed by atoms with Crippen LogP contribution in [-0.4, -0.2) is 21.8 Å². The van der Waals surface area contributed by atoms with Gasteiger partial charge in [-0.2, -0.15) is 5.10 Å². The second-order valence-corrected chi connectivity index (χ2v) is 5.06. The van der Waals surface area contributed by atoms with Crippen molar-refractivity contribution in [1.82, 2.24) is 5.43 Å². The van der Waals surface area contributed by atoms with Gasteiger partial charge in [0.05, 0.1) is 0 Å². The highest BCUT2D eigenvalue weighted by molar-refractivity contribution is 5.96. The molecule has 0 heterocycles. The molecule has 0 saturated heterocycles. The highest BCUT2D eigenvalue weighted by Crippen LogP contribution is 2.22. The van der Waals surface area contributed by atoms with Gasteiger partial charge >= 0.3 is 0 Å². The monoisotopic (exact) mass is 262 g/mol. The van der Waals surface area contributed by atoms with Gasteiger partial charge < -0.3 is 10.2 Å². The van der Waals surface area contributed by atoms with Crippen LogP contribution in [0.2, 0.25) is 0 Å². The predicted octanol–water partition coefficient (Wildman–Crippen LogP) is 2.39. The lowest BCUT2D eigenvalue weighted by atomic mass is 9.89. The van der Waals surface area contributed by atoms with Crippen molar-refractivity contribution >= 4 is 11.6 Å². The fraction of sp³-hybridized carbons (Fsp3) is 0.429. The topological polar surface area (TPSA) is 81.9 Å². The summed E-state index contributed by atoms with van der Waals surface area (Å²) in [5.41, 5.74) is 3.65. The highest BCUT2D eigenvalue weighted by atomic mass is 16.3. The molecule has 1 aromatic rings. The lowest BCUT2D eigenvalue weighted by molar-refractivity contribution is 0.0953. The fourth-order valence-electron chi connectivity index (χ4n) is 2.28. The van der Waals surface area contributed by atoms with Gasteiger partial charge in [0.15, 0.2) is 0 Å². The zero-order valence-electron chi connectivity index (χ0n) is 10.9. The van der Waals surface area contributed by atoms with Gasteiger partial charge in [0.2, 0.25) is 0 Å². The van der Waals surface area contributed by atoms with Gasteiger partial charge in [-0.25, -0.2) is 5.43 Å². The second kappa shape index (κ2) is 5.73. The summed E-state index contributed by atoms with van der Waals surface area (Å²) in [5.74, 6) is -0.126. The quantitative estimate of drug-likeness (QED) is 0.716. The van der Waals surface area contributed by atoms with Crippen LogP contribution in [0.1, 0.15) is 43.0 Å². The smallest absolute Gasteiger partial charge is 0.271 e. The van der Waals surface area contributed by atoms with E-state index in [1.807, 2.05) is 0 Å². The zero-order valence-corrected chi connectivity index (χ0v) is 10.9. The van der Waals surface area contributed by atoms with Gasteiger partial charge in [0, 0.05) is 17.3 Å². The number of hydrogen-bond donors (Lipinski definition) is 3. The normalized spacial score (nSPS) is 21.3. The lowest BCUT2D eigenvalue weighted by Crippen LogP contribution is -2.22. The van der Waals surface area contributed by atoms with E-state index in [1.165, 1.54) is 24.6 Å². The van der Waals surface area contributed by atoms with Crippen LogP contribution in [0.15, 0.2) is 23.3 Å². The average molecular weight is 262 g/mol. The van der Waals surface area contributed by atoms with Crippen molar-refractivity contribution in [1.29, 1.82) is 0 Å². The molecule has 0 spiro atoms. The van der Waals surface area contributed by atoms with Crippen LogP contribution < -0.4 is 5.43 Å². The van der Waals surface area contributed by atoms with Crippen LogP contribution in [0.25, 0.3) is 0 Å². The standard InChI is InChI=1S/C14H18N2O3/c1-9-3-2-4-11(5-9)15-16-14(19)10-6-12(17)8-13(18)7-10/h6-9,17-18H,2-5H2,1H3,(H,16,19)/t9-/m0/s1. The van der Waals surface area contributed by atoms with Crippen molar-refractivity contribution in [2.24, 2.45) is 11.0 Å². The maximum atomic E-state index is 11.8. The minimum absolute atomic E-state index is 0.149. The Morgan fingerprint density at radius 2 is 2.00 bits per heavy atom. The number of hydrazone groups is 1. The van der Waals surface area contributed by atoms with Crippen molar-refractivity contribution in [2.45, 2.75) is 32.6 Å². The maximum absolute atomic E-state index is 11.8. The maximum Gasteiger partial charge on any atom is 0.271 e. The van der Waals surface area contributed by atoms with Crippen LogP contribution in [-0.2, 0) is 0 Å². The summed E-state index contributed by atoms with van der Waals surface area (Å²) in [6, 6.07) is 3.75. The number of amides is 1. The van der Waals surface area contributed by atoms with Gasteiger partial charge in [-0.1, -0.05) is 6.92 Å². The number of rotatable bonds is 2. The van der Waals surface area contributed by atoms with Crippen LogP contribution in [0.5, 0.6) is 11.5 Å². The number of phenolic OH excluding ortho intramolecular Hbond substituents is 2. The molecule has 3 N–H and O–H groups in total. The van der Waals surface area contributed by atoms with Gasteiger partial charge in [-0.05, 0) is 43.7 Å². The fourth-order valence-corrected chi connectivity index (χ4v) is 2.28. The average Bonchev–Trinajstić information content (AvgIpc) is 2.35. The Labute approximate surface area is 112 Å². The second-order valence-electron chi connectivity index (χ2n) is 5.06. The molecule has 2 rings (SSSR count). The summed E-state index contributed by atoms with van der Waals surface area (Å²) in [6.45, 7) is 2.17. The van der Waals surface area contributed by atoms with E-state index in [4.69, 9.17) is 0 Å². The summed E-state index contributed by atoms with van der Waals surface area (Å²) in [5, 5.41) is 22.8. The molecule has 0 bridgehead atoms. The first-order valence-electron chi connectivity index (χ1n) is 6.43. The highest BCUT2D eigenvalue weighted by Gasteiger charge is 2.14. The van der Waals surface area contributed by atoms with Gasteiger partial charge in [0.1, 0.15) is 11.5 Å². The third-order valence-electron chi connectivity index (χ3n) is 3.23. The summed E-state index contributed by atoms with van der Waals surface area (Å²) >= 11 is 0. The molecule has 5 heteroatoms. The van der Waals surface area contributed by atoms with Gasteiger partial charge in [-0.15, -0.1) is 0 Å². The first kappa shape index (κ1) is 13.4. The number of carbonyl (C=O) groups excluding carboxylic acids is 1. The Hall–Kier alpha value is -2.04. The largest absolute Gasteiger partial charge is 0.508 e. The number of carbonyl (C=O) groups is 1. The number of benzene rings is 1. The molecular weight excluding hydrogens is 244 g/mol. The van der Waals surface area contributed by atoms with Gasteiger partial charge in [-0.3, -0.25) is 4.79 Å². The van der Waals surface area contributed by atoms with Crippen molar-refractivity contribution in [3.8, 4) is 11.5 Å². The Morgan fingerprint density at radius 3 is 2.63 bits per heavy atom. The first-order chi connectivity index (χ1) is 9.04. The molecular formula is C14H18N2O3. The van der Waals surface area contributed by atoms with E-state index < -0.39 is 5.91 Å². The number of aromatic hydroxyl groups is 2. The molecule has 0 aliphatic heterocycles. The number of hydrogen-bond acceptors (Lipinski definition) is 4. The molecule has 1 atom stereocenters. The SMILES string of the molecule is C[C@H]1CCCC(=NNC(=O)c2cc(O)cc(O)c2)C1. The van der Waals surface area contributed by atoms with Gasteiger partial charge in [0.25, 0.3) is 5.91 Å². The molecule has 102 valence electrons. The Balaban J connectivity index is 2.02. The Morgan fingerprint density at radius 1 is 1.32 bits per heavy atom. The first-order valence-corrected chi connectivity index (χ1v) is 6.43. The number of phenols is 2. The summed E-state index contributed by atoms with van der Waals surface area (Å²) in [7, 11) is 0. The van der Waals surface area contributed by atoms with Crippen molar-refractivity contribution < 1.29 is 15.0 Å². The summed E-state index contributed by atoms with van der Waals surface area (Å²) < 4.78 is 0. The predicted molar refractivity (Wildman–Crippen MR) is 72.3 cm³/mol. The van der Waals surface area contributed by atoms with Crippen molar-refractivity contribution in [2.75, 3.05) is 0 Å². The minimum atomic E-state index is -0.433. The lowest BCUT2D eigenvalue weighted by Gasteiger charge is -2.18. The molecule has 1 aliphatic carbocycles. The zero-order chi connectivity index (χ0) is 13.8. The molecule has 1 saturated carbocycles. The van der Waals surface area contributed by atoms with Crippen LogP contribution in [0.4, 0.5) is 0 Å². The van der Waals surface area contributed by atoms with E-state index in [1.54, 1.807) is 0 Å². The third kappa shape index (κ3) is 3.71. The van der Waals surface area contributed by atoms with Crippen LogP contribution in [0, 0.1) is 5.92 Å². The van der Waals surface area contributed by atoms with E-state index in [2.05, 4.69) is 17.5 Å². The molecule has 1 aromatic carbocycles. The van der Waals surface area contributed by atoms with E-state index in [9.17, 15) is 15.0 Å². The molecule has 0 aromatic heterocycles. The number of nitrogens with one attached hydrogen (secondary N) is 1. The van der Waals surface area contributed by atoms with Crippen molar-refractivity contribution in [3.63, 3.8) is 0 Å². The van der Waals surface area contributed by atoms with E-state index in [0.717, 1.165) is 25.0 Å². The van der Waals surface area contributed by atoms with E-state index in [0.29, 0.717) is 5.92 Å². The number of nitrogens with zero attached hydrogens (tertiary/aromatic N) is 1. The molecule has 1 amide bonds. The van der Waals surface area contributed by atoms with E-state index in [-0.39, 0.29) is 17.1 Å². The van der Waals surface area contributed by atoms with Crippen LogP contribution >= 0.6 is 0 Å². The molecule has 5 nitrogen and oxygen atoms in total. The summed E-state index contributed by atoms with van der Waals surface area (Å²) in [6.07, 6.45) is 4.12. The van der Waals surface area contributed by atoms with Crippen LogP contribution in [0.3, 0.4) is 0 Å². The molecule has 1 fully saturated rings. The molecule has 0 radical (unpaired) electrons. The Bertz CT molecular complexity index is 491. The minimum Gasteiger partial charge on any atom is -0.508 e. The summed E-state index contributed by atoms with van der Waals surface area (Å²) in [4.78, 5) is 11.8. The van der Waals surface area contributed by atoms with Crippen molar-refractivity contribution in [3.05, 3.63) is 23.8 Å².